The van der Waals surface area contributed by atoms with Gasteiger partial charge >= 0.3 is 0 Å². The molecule has 0 amide bonds. The highest BCUT2D eigenvalue weighted by atomic mass is 15.2. The van der Waals surface area contributed by atoms with Crippen molar-refractivity contribution in [2.24, 2.45) is 0 Å². The fraction of sp³-hybridized carbons (Fsp3) is 0.237. The van der Waals surface area contributed by atoms with E-state index in [0.29, 0.717) is 6.04 Å². The molecule has 8 rings (SSSR count). The van der Waals surface area contributed by atoms with Gasteiger partial charge in [-0.15, -0.1) is 0 Å². The normalized spacial score (nSPS) is 24.9. The highest BCUT2D eigenvalue weighted by molar-refractivity contribution is 5.88. The summed E-state index contributed by atoms with van der Waals surface area (Å²) >= 11 is 0. The highest BCUT2D eigenvalue weighted by Gasteiger charge is 2.60. The van der Waals surface area contributed by atoms with Crippen molar-refractivity contribution in [3.63, 3.8) is 0 Å². The molecule has 1 aromatic carbocycles. The highest BCUT2D eigenvalue weighted by Crippen LogP contribution is 2.52. The molecule has 3 heterocycles. The maximum Gasteiger partial charge on any atom is 0.282 e. The Morgan fingerprint density at radius 1 is 0.825 bits per heavy atom. The van der Waals surface area contributed by atoms with Crippen molar-refractivity contribution in [2.75, 3.05) is 0 Å². The van der Waals surface area contributed by atoms with Crippen molar-refractivity contribution in [3.8, 4) is 23.1 Å². The van der Waals surface area contributed by atoms with Crippen LogP contribution in [0.15, 0.2) is 132 Å². The molecule has 0 bridgehead atoms. The molecule has 40 heavy (non-hydrogen) atoms. The van der Waals surface area contributed by atoms with E-state index in [9.17, 15) is 0 Å². The number of rotatable bonds is 3. The maximum atomic E-state index is 3.90. The van der Waals surface area contributed by atoms with Gasteiger partial charge in [0.2, 0.25) is 11.4 Å². The number of benzene rings is 1. The average molecular weight is 518 g/mol. The molecule has 1 aromatic heterocycles. The summed E-state index contributed by atoms with van der Waals surface area (Å²) in [4.78, 5) is 2.56. The Morgan fingerprint density at radius 2 is 1.73 bits per heavy atom. The third-order valence-corrected chi connectivity index (χ3v) is 9.12. The van der Waals surface area contributed by atoms with Gasteiger partial charge in [0.15, 0.2) is 0 Å². The fourth-order valence-corrected chi connectivity index (χ4v) is 7.36. The molecule has 4 aliphatic carbocycles. The first-order valence-corrected chi connectivity index (χ1v) is 14.8. The summed E-state index contributed by atoms with van der Waals surface area (Å²) in [5, 5.41) is 0. The third kappa shape index (κ3) is 3.47. The Labute approximate surface area is 237 Å². The summed E-state index contributed by atoms with van der Waals surface area (Å²) in [6.07, 6.45) is 32.9. The first kappa shape index (κ1) is 23.5. The lowest BCUT2D eigenvalue weighted by Crippen LogP contribution is -2.52. The molecule has 2 nitrogen and oxygen atoms in total. The average Bonchev–Trinajstić information content (AvgIpc) is 3.49. The lowest BCUT2D eigenvalue weighted by atomic mass is 9.79. The molecule has 2 heteroatoms. The van der Waals surface area contributed by atoms with E-state index in [1.54, 1.807) is 0 Å². The zero-order valence-corrected chi connectivity index (χ0v) is 22.8. The topological polar surface area (TPSA) is 7.12 Å². The largest absolute Gasteiger partial charge is 0.338 e. The summed E-state index contributed by atoms with van der Waals surface area (Å²) in [5.41, 5.74) is 11.5. The van der Waals surface area contributed by atoms with Crippen LogP contribution in [0, 0.1) is 11.8 Å². The third-order valence-electron chi connectivity index (χ3n) is 9.12. The van der Waals surface area contributed by atoms with Gasteiger partial charge < -0.3 is 4.90 Å². The molecule has 0 N–H and O–H groups in total. The molecular weight excluding hydrogens is 484 g/mol. The first-order chi connectivity index (χ1) is 19.8. The number of pyridine rings is 1. The van der Waals surface area contributed by atoms with Crippen molar-refractivity contribution in [3.05, 3.63) is 143 Å². The molecule has 0 saturated heterocycles. The van der Waals surface area contributed by atoms with E-state index in [0.717, 1.165) is 44.9 Å². The maximum absolute atomic E-state index is 3.90. The molecule has 0 fully saturated rings. The van der Waals surface area contributed by atoms with E-state index in [1.807, 2.05) is 0 Å². The summed E-state index contributed by atoms with van der Waals surface area (Å²) in [6.45, 7) is 0. The van der Waals surface area contributed by atoms with Gasteiger partial charge in [0.05, 0.1) is 28.3 Å². The molecule has 0 spiro atoms. The Bertz CT molecular complexity index is 1740. The number of hydrogen-bond donors (Lipinski definition) is 0. The molecule has 0 saturated carbocycles. The van der Waals surface area contributed by atoms with E-state index in [1.165, 1.54) is 50.6 Å². The Balaban J connectivity index is 1.21. The molecule has 2 unspecified atom stereocenters. The lowest BCUT2D eigenvalue weighted by Gasteiger charge is -2.37. The van der Waals surface area contributed by atoms with Gasteiger partial charge in [-0.1, -0.05) is 66.7 Å². The van der Waals surface area contributed by atoms with Crippen LogP contribution in [0.2, 0.25) is 0 Å². The standard InChI is InChI=1S/C38H33N2/c1-3-12-29(13-4-1)39(30-14-5-2-6-15-30)31-24-22-28(23-25-31)26-27-38-34-18-9-7-16-32(34)36-20-11-21-37(40(36)38)33-17-8-10-19-35(33)38/h1,3-5,7,9,11-12,14-22,24,29H,2,6,8,10,13,23,25H2/q+1. The van der Waals surface area contributed by atoms with Crippen LogP contribution in [0.4, 0.5) is 0 Å². The zero-order valence-electron chi connectivity index (χ0n) is 22.8. The Hall–Kier alpha value is -4.35. The minimum absolute atomic E-state index is 0.369. The van der Waals surface area contributed by atoms with Crippen LogP contribution in [-0.4, -0.2) is 10.9 Å². The van der Waals surface area contributed by atoms with Crippen molar-refractivity contribution in [1.82, 2.24) is 4.90 Å². The van der Waals surface area contributed by atoms with Gasteiger partial charge in [-0.2, -0.15) is 4.57 Å². The molecule has 6 aliphatic rings. The predicted octanol–water partition coefficient (Wildman–Crippen LogP) is 7.84. The van der Waals surface area contributed by atoms with Gasteiger partial charge in [-0.3, -0.25) is 0 Å². The van der Waals surface area contributed by atoms with Crippen LogP contribution in [0.25, 0.3) is 16.8 Å². The van der Waals surface area contributed by atoms with Crippen LogP contribution >= 0.6 is 0 Å². The van der Waals surface area contributed by atoms with E-state index in [-0.39, 0.29) is 0 Å². The first-order valence-electron chi connectivity index (χ1n) is 14.8. The van der Waals surface area contributed by atoms with Gasteiger partial charge in [0.1, 0.15) is 0 Å². The number of hydrogen-bond acceptors (Lipinski definition) is 1. The quantitative estimate of drug-likeness (QED) is 0.297. The van der Waals surface area contributed by atoms with Gasteiger partial charge in [0.25, 0.3) is 5.54 Å². The summed E-state index contributed by atoms with van der Waals surface area (Å²) in [5.74, 6) is 7.63. The molecule has 194 valence electrons. The van der Waals surface area contributed by atoms with Crippen LogP contribution in [0.1, 0.15) is 56.2 Å². The van der Waals surface area contributed by atoms with Gasteiger partial charge in [-0.05, 0) is 87.3 Å². The van der Waals surface area contributed by atoms with Crippen molar-refractivity contribution >= 4 is 5.57 Å². The summed E-state index contributed by atoms with van der Waals surface area (Å²) in [6, 6.07) is 16.0. The molecule has 2 aliphatic heterocycles. The van der Waals surface area contributed by atoms with Crippen molar-refractivity contribution in [2.45, 2.75) is 56.5 Å². The molecular formula is C38H33N2+. The number of nitrogens with zero attached hydrogens (tertiary/aromatic N) is 2. The second-order valence-corrected chi connectivity index (χ2v) is 11.4. The SMILES string of the molecule is C(#CC12C3=CCCC=C3c3cccc([n+]31)-c1ccccc12)C1=CC=C(N(C2=CCCC=C2)C2C=CC=CC2)CC1. The molecule has 2 aromatic rings. The van der Waals surface area contributed by atoms with Crippen LogP contribution in [0.5, 0.6) is 0 Å². The van der Waals surface area contributed by atoms with E-state index >= 15 is 0 Å². The van der Waals surface area contributed by atoms with Crippen LogP contribution in [0.3, 0.4) is 0 Å². The number of aromatic nitrogens is 1. The smallest absolute Gasteiger partial charge is 0.282 e. The van der Waals surface area contributed by atoms with E-state index in [2.05, 4.69) is 131 Å². The number of allylic oxidation sites excluding steroid dienone is 13. The van der Waals surface area contributed by atoms with Crippen molar-refractivity contribution in [1.29, 1.82) is 0 Å². The van der Waals surface area contributed by atoms with Crippen LogP contribution in [-0.2, 0) is 5.54 Å². The minimum atomic E-state index is -0.442. The fourth-order valence-electron chi connectivity index (χ4n) is 7.36. The second-order valence-electron chi connectivity index (χ2n) is 11.4. The van der Waals surface area contributed by atoms with Crippen LogP contribution < -0.4 is 4.57 Å². The van der Waals surface area contributed by atoms with Gasteiger partial charge in [0, 0.05) is 29.1 Å². The number of fused-ring (bicyclic) bond motifs is 6. The molecule has 2 atom stereocenters. The monoisotopic (exact) mass is 517 g/mol. The lowest BCUT2D eigenvalue weighted by molar-refractivity contribution is -0.709. The van der Waals surface area contributed by atoms with E-state index in [4.69, 9.17) is 0 Å². The second kappa shape index (κ2) is 9.39. The van der Waals surface area contributed by atoms with Crippen molar-refractivity contribution < 1.29 is 4.57 Å². The summed E-state index contributed by atoms with van der Waals surface area (Å²) < 4.78 is 2.52. The van der Waals surface area contributed by atoms with E-state index < -0.39 is 5.54 Å². The predicted molar refractivity (Wildman–Crippen MR) is 163 cm³/mol. The Kier molecular flexibility index (Phi) is 5.52. The Morgan fingerprint density at radius 3 is 2.58 bits per heavy atom. The molecule has 0 radical (unpaired) electrons. The minimum Gasteiger partial charge on any atom is -0.338 e. The van der Waals surface area contributed by atoms with Gasteiger partial charge in [-0.25, -0.2) is 0 Å². The summed E-state index contributed by atoms with van der Waals surface area (Å²) in [7, 11) is 0. The zero-order chi connectivity index (χ0) is 26.5.